The molecule has 9 heteroatoms. The summed E-state index contributed by atoms with van der Waals surface area (Å²) in [6, 6.07) is 0. The van der Waals surface area contributed by atoms with Crippen LogP contribution >= 0.6 is 0 Å². The summed E-state index contributed by atoms with van der Waals surface area (Å²) >= 11 is 0. The summed E-state index contributed by atoms with van der Waals surface area (Å²) in [4.78, 5) is 0. The Balaban J connectivity index is 0.000000151. The molecule has 14 atom stereocenters. The summed E-state index contributed by atoms with van der Waals surface area (Å²) in [5, 5.41) is 0. The van der Waals surface area contributed by atoms with Crippen LogP contribution in [0.2, 0.25) is 0 Å². The highest BCUT2D eigenvalue weighted by molar-refractivity contribution is 5.09. The second-order valence-electron chi connectivity index (χ2n) is 24.5. The fraction of sp³-hybridized carbons (Fsp3) is 1.00. The van der Waals surface area contributed by atoms with Gasteiger partial charge >= 0.3 is 0 Å². The monoisotopic (exact) mass is 977 g/mol. The highest BCUT2D eigenvalue weighted by atomic mass is 16.7. The van der Waals surface area contributed by atoms with E-state index in [1.165, 1.54) is 99.7 Å². The minimum Gasteiger partial charge on any atom is -0.381 e. The molecule has 0 aromatic rings. The Morgan fingerprint density at radius 1 is 0.580 bits per heavy atom. The van der Waals surface area contributed by atoms with E-state index in [9.17, 15) is 0 Å². The minimum atomic E-state index is -0.415. The highest BCUT2D eigenvalue weighted by Crippen LogP contribution is 2.68. The zero-order chi connectivity index (χ0) is 50.1. The Labute approximate surface area is 425 Å². The standard InChI is InChI=1S/C11H20O.C10H16.C9H18O2.C9H16.C8H16O3.C7H14O.C6H12O2/c1-4-8(2)9-5-6-11(3)10(7-9)12-11;1-2-6-3-7-4-8(6)10-5-9(7)10;1-3-5-10-6-9(4-2)7-11-8-9;1-2-7-3-4-8-6-9(8)5-7;1-4-9-5-7-6-10-8(2,3)11-7;1-3-7(4-2)5-8-6-7;1-2-3-7-4-6-5-8-6/h8-10H,4-7H2,1-3H3;6-10H,2-5H2,1H3;3-8H2,1-2H3;7-9H,2-6H2,1H3;7H,4-6H2,1-3H3;3-6H2,1-2H3;6H,2-5H2,1H3. The molecule has 11 rings (SSSR count). The number of hydrogen-bond acceptors (Lipinski definition) is 9. The Hall–Kier alpha value is -0.360. The van der Waals surface area contributed by atoms with Crippen LogP contribution in [0.3, 0.4) is 0 Å². The van der Waals surface area contributed by atoms with E-state index in [0.717, 1.165) is 103 Å². The molecule has 0 N–H and O–H groups in total. The van der Waals surface area contributed by atoms with Crippen molar-refractivity contribution in [3.05, 3.63) is 0 Å². The van der Waals surface area contributed by atoms with Crippen molar-refractivity contribution >= 4 is 0 Å². The van der Waals surface area contributed by atoms with E-state index in [-0.39, 0.29) is 6.10 Å². The van der Waals surface area contributed by atoms with E-state index in [0.29, 0.717) is 41.9 Å². The lowest BCUT2D eigenvalue weighted by molar-refractivity contribution is -0.150. The predicted molar refractivity (Wildman–Crippen MR) is 282 cm³/mol. The molecule has 9 nitrogen and oxygen atoms in total. The summed E-state index contributed by atoms with van der Waals surface area (Å²) in [5.74, 6) is 10.9. The molecule has 5 saturated heterocycles. The zero-order valence-corrected chi connectivity index (χ0v) is 47.4. The van der Waals surface area contributed by atoms with Gasteiger partial charge in [-0.1, -0.05) is 88.0 Å². The van der Waals surface area contributed by atoms with E-state index in [1.807, 2.05) is 20.8 Å². The van der Waals surface area contributed by atoms with Crippen molar-refractivity contribution in [3.8, 4) is 0 Å². The highest BCUT2D eigenvalue weighted by Gasteiger charge is 2.60. The lowest BCUT2D eigenvalue weighted by Crippen LogP contribution is -2.45. The molecule has 0 radical (unpaired) electrons. The smallest absolute Gasteiger partial charge is 0.163 e. The van der Waals surface area contributed by atoms with Gasteiger partial charge in [0.2, 0.25) is 0 Å². The Morgan fingerprint density at radius 2 is 1.25 bits per heavy atom. The molecule has 2 bridgehead atoms. The van der Waals surface area contributed by atoms with Gasteiger partial charge in [0, 0.05) is 30.7 Å². The first-order valence-electron chi connectivity index (χ1n) is 29.7. The van der Waals surface area contributed by atoms with E-state index in [2.05, 4.69) is 69.2 Å². The van der Waals surface area contributed by atoms with Crippen molar-refractivity contribution in [2.75, 3.05) is 79.3 Å². The van der Waals surface area contributed by atoms with Gasteiger partial charge < -0.3 is 42.6 Å². The zero-order valence-electron chi connectivity index (χ0n) is 47.4. The summed E-state index contributed by atoms with van der Waals surface area (Å²) in [7, 11) is 0. The summed E-state index contributed by atoms with van der Waals surface area (Å²) in [5.41, 5.74) is 1.26. The molecule has 11 aliphatic rings. The first-order chi connectivity index (χ1) is 33.2. The summed E-state index contributed by atoms with van der Waals surface area (Å²) < 4.78 is 47.7. The molecule has 0 aromatic heterocycles. The van der Waals surface area contributed by atoms with Crippen LogP contribution < -0.4 is 0 Å². The molecule has 11 fully saturated rings. The van der Waals surface area contributed by atoms with Gasteiger partial charge in [-0.05, 0) is 177 Å². The molecule has 6 aliphatic carbocycles. The van der Waals surface area contributed by atoms with Crippen LogP contribution in [0.1, 0.15) is 206 Å². The second-order valence-corrected chi connectivity index (χ2v) is 24.5. The molecule has 0 spiro atoms. The number of fused-ring (bicyclic) bond motifs is 7. The maximum Gasteiger partial charge on any atom is 0.163 e. The fourth-order valence-corrected chi connectivity index (χ4v) is 12.5. The normalized spacial score (nSPS) is 37.7. The number of hydrogen-bond donors (Lipinski definition) is 0. The quantitative estimate of drug-likeness (QED) is 0.0984. The number of epoxide rings is 2. The molecule has 5 heterocycles. The van der Waals surface area contributed by atoms with Crippen LogP contribution in [0, 0.1) is 70.0 Å². The SMILES string of the molecule is CCC(C)C1CCC2(C)OC2C1.CCC1(CC)COC1.CCC1CC2CC1C1CC21.CCC1CCC2CC2C1.CCCOCC1(CC)COC1.CCCOCC1CO1.CCOCC1COC(C)(C)O1. The topological polar surface area (TPSA) is 89.7 Å². The van der Waals surface area contributed by atoms with Crippen molar-refractivity contribution in [3.63, 3.8) is 0 Å². The second kappa shape index (κ2) is 29.1. The maximum absolute atomic E-state index is 5.69. The molecule has 5 aliphatic heterocycles. The van der Waals surface area contributed by atoms with Crippen molar-refractivity contribution in [2.24, 2.45) is 70.0 Å². The van der Waals surface area contributed by atoms with Gasteiger partial charge in [0.05, 0.1) is 71.2 Å². The molecular weight excluding hydrogens is 865 g/mol. The third kappa shape index (κ3) is 19.1. The van der Waals surface area contributed by atoms with Crippen LogP contribution in [0.4, 0.5) is 0 Å². The van der Waals surface area contributed by atoms with E-state index in [4.69, 9.17) is 42.6 Å². The van der Waals surface area contributed by atoms with Gasteiger partial charge in [0.1, 0.15) is 12.2 Å². The largest absolute Gasteiger partial charge is 0.381 e. The Kier molecular flexibility index (Phi) is 25.1. The Morgan fingerprint density at radius 3 is 1.71 bits per heavy atom. The minimum absolute atomic E-state index is 0.116. The summed E-state index contributed by atoms with van der Waals surface area (Å²) in [6.07, 6.45) is 26.4. The van der Waals surface area contributed by atoms with Crippen LogP contribution in [0.5, 0.6) is 0 Å². The van der Waals surface area contributed by atoms with Gasteiger partial charge in [0.15, 0.2) is 5.79 Å². The molecule has 0 aromatic carbocycles. The number of ether oxygens (including phenoxy) is 9. The van der Waals surface area contributed by atoms with Gasteiger partial charge in [-0.15, -0.1) is 0 Å². The first-order valence-corrected chi connectivity index (χ1v) is 29.7. The van der Waals surface area contributed by atoms with Gasteiger partial charge in [-0.3, -0.25) is 0 Å². The molecular formula is C60H112O9. The maximum atomic E-state index is 5.69. The lowest BCUT2D eigenvalue weighted by Gasteiger charge is -2.40. The van der Waals surface area contributed by atoms with E-state index < -0.39 is 5.79 Å². The van der Waals surface area contributed by atoms with E-state index in [1.54, 1.807) is 38.5 Å². The molecule has 14 unspecified atom stereocenters. The van der Waals surface area contributed by atoms with Gasteiger partial charge in [0.25, 0.3) is 0 Å². The first kappa shape index (κ1) is 59.5. The van der Waals surface area contributed by atoms with Crippen molar-refractivity contribution < 1.29 is 42.6 Å². The van der Waals surface area contributed by atoms with Gasteiger partial charge in [-0.2, -0.15) is 0 Å². The molecule has 406 valence electrons. The molecule has 0 amide bonds. The molecule has 69 heavy (non-hydrogen) atoms. The Bertz CT molecular complexity index is 1360. The third-order valence-electron chi connectivity index (χ3n) is 18.9. The average molecular weight is 978 g/mol. The van der Waals surface area contributed by atoms with E-state index >= 15 is 0 Å². The van der Waals surface area contributed by atoms with Crippen molar-refractivity contribution in [1.82, 2.24) is 0 Å². The third-order valence-corrected chi connectivity index (χ3v) is 18.9. The van der Waals surface area contributed by atoms with Crippen LogP contribution in [-0.4, -0.2) is 109 Å². The predicted octanol–water partition coefficient (Wildman–Crippen LogP) is 14.2. The fourth-order valence-electron chi connectivity index (χ4n) is 12.5. The lowest BCUT2D eigenvalue weighted by atomic mass is 9.76. The van der Waals surface area contributed by atoms with Crippen LogP contribution in [-0.2, 0) is 42.6 Å². The molecule has 6 saturated carbocycles. The van der Waals surface area contributed by atoms with Crippen molar-refractivity contribution in [2.45, 2.75) is 235 Å². The van der Waals surface area contributed by atoms with Crippen molar-refractivity contribution in [1.29, 1.82) is 0 Å². The average Bonchev–Trinajstić information content (AvgIpc) is 4.23. The van der Waals surface area contributed by atoms with Crippen LogP contribution in [0.25, 0.3) is 0 Å². The summed E-state index contributed by atoms with van der Waals surface area (Å²) in [6.45, 7) is 38.6. The van der Waals surface area contributed by atoms with Gasteiger partial charge in [-0.25, -0.2) is 0 Å². The van der Waals surface area contributed by atoms with Crippen LogP contribution in [0.15, 0.2) is 0 Å². The number of rotatable bonds is 18.